The van der Waals surface area contributed by atoms with Gasteiger partial charge in [-0.15, -0.1) is 0 Å². The largest absolute Gasteiger partial charge is 0.496 e. The van der Waals surface area contributed by atoms with E-state index in [9.17, 15) is 9.59 Å². The number of ether oxygens (including phenoxy) is 1. The maximum Gasteiger partial charge on any atom is 0.267 e. The molecule has 0 bridgehead atoms. The van der Waals surface area contributed by atoms with Crippen molar-refractivity contribution in [2.75, 3.05) is 31.6 Å². The first kappa shape index (κ1) is 29.5. The topological polar surface area (TPSA) is 79.7 Å². The van der Waals surface area contributed by atoms with Crippen LogP contribution in [0.1, 0.15) is 56.6 Å². The van der Waals surface area contributed by atoms with Crippen LogP contribution in [0.4, 0.5) is 5.69 Å². The molecule has 8 heteroatoms. The zero-order valence-corrected chi connectivity index (χ0v) is 25.9. The van der Waals surface area contributed by atoms with E-state index in [0.29, 0.717) is 30.9 Å². The highest BCUT2D eigenvalue weighted by atomic mass is 16.5. The SMILES string of the molecule is COc1ccccc1-c1ccc(C(=O)N2Cc3ccc(C(=O)NCC(c4cccnc4)N4CCCC4)n3Cc3ccccc32)cc1. The van der Waals surface area contributed by atoms with Gasteiger partial charge in [0.15, 0.2) is 0 Å². The molecule has 1 saturated heterocycles. The summed E-state index contributed by atoms with van der Waals surface area (Å²) >= 11 is 0. The number of fused-ring (bicyclic) bond motifs is 2. The maximum atomic E-state index is 14.1. The summed E-state index contributed by atoms with van der Waals surface area (Å²) in [5, 5.41) is 3.22. The number of pyridine rings is 1. The number of hydrogen-bond acceptors (Lipinski definition) is 5. The molecule has 1 fully saturated rings. The number of carbonyl (C=O) groups excluding carboxylic acids is 2. The number of aromatic nitrogens is 2. The van der Waals surface area contributed by atoms with Crippen LogP contribution in [0.2, 0.25) is 0 Å². The van der Waals surface area contributed by atoms with Gasteiger partial charge in [-0.1, -0.05) is 54.6 Å². The second-order valence-electron chi connectivity index (χ2n) is 11.8. The number of methoxy groups -OCH3 is 1. The molecule has 1 unspecified atom stereocenters. The lowest BCUT2D eigenvalue weighted by atomic mass is 10.0. The third-order valence-corrected chi connectivity index (χ3v) is 9.14. The van der Waals surface area contributed by atoms with Gasteiger partial charge in [0.1, 0.15) is 11.4 Å². The molecular weight excluding hydrogens is 574 g/mol. The first-order valence-corrected chi connectivity index (χ1v) is 15.8. The fourth-order valence-electron chi connectivity index (χ4n) is 6.73. The zero-order valence-electron chi connectivity index (χ0n) is 25.9. The summed E-state index contributed by atoms with van der Waals surface area (Å²) in [7, 11) is 1.66. The smallest absolute Gasteiger partial charge is 0.267 e. The normalized spacial score (nSPS) is 15.0. The van der Waals surface area contributed by atoms with Crippen LogP contribution in [-0.2, 0) is 13.1 Å². The van der Waals surface area contributed by atoms with E-state index in [1.54, 1.807) is 13.3 Å². The Kier molecular flexibility index (Phi) is 8.35. The Morgan fingerprint density at radius 2 is 1.65 bits per heavy atom. The van der Waals surface area contributed by atoms with Crippen LogP contribution in [0.3, 0.4) is 0 Å². The van der Waals surface area contributed by atoms with Gasteiger partial charge in [0, 0.05) is 41.4 Å². The molecule has 2 amide bonds. The van der Waals surface area contributed by atoms with Crippen LogP contribution in [0.25, 0.3) is 11.1 Å². The molecule has 0 spiro atoms. The quantitative estimate of drug-likeness (QED) is 0.222. The summed E-state index contributed by atoms with van der Waals surface area (Å²) in [5.74, 6) is 0.570. The van der Waals surface area contributed by atoms with E-state index < -0.39 is 0 Å². The van der Waals surface area contributed by atoms with Crippen LogP contribution >= 0.6 is 0 Å². The Bertz CT molecular complexity index is 1840. The summed E-state index contributed by atoms with van der Waals surface area (Å²) in [5.41, 5.74) is 6.98. The van der Waals surface area contributed by atoms with Crippen molar-refractivity contribution < 1.29 is 14.3 Å². The molecule has 46 heavy (non-hydrogen) atoms. The number of amides is 2. The summed E-state index contributed by atoms with van der Waals surface area (Å²) in [4.78, 5) is 36.4. The molecule has 1 atom stereocenters. The van der Waals surface area contributed by atoms with E-state index in [1.807, 2.05) is 107 Å². The van der Waals surface area contributed by atoms with Gasteiger partial charge in [0.05, 0.1) is 26.2 Å². The highest BCUT2D eigenvalue weighted by molar-refractivity contribution is 6.07. The van der Waals surface area contributed by atoms with E-state index >= 15 is 0 Å². The van der Waals surface area contributed by atoms with Crippen molar-refractivity contribution in [3.8, 4) is 16.9 Å². The number of nitrogens with one attached hydrogen (secondary N) is 1. The summed E-state index contributed by atoms with van der Waals surface area (Å²) in [6.45, 7) is 3.37. The molecule has 2 aliphatic heterocycles. The highest BCUT2D eigenvalue weighted by Crippen LogP contribution is 2.33. The third kappa shape index (κ3) is 5.79. The van der Waals surface area contributed by atoms with E-state index in [-0.39, 0.29) is 17.9 Å². The predicted octanol–water partition coefficient (Wildman–Crippen LogP) is 6.33. The minimum Gasteiger partial charge on any atom is -0.496 e. The summed E-state index contributed by atoms with van der Waals surface area (Å²) in [6.07, 6.45) is 6.00. The molecule has 8 nitrogen and oxygen atoms in total. The number of para-hydroxylation sites is 2. The fraction of sp³-hybridized carbons (Fsp3) is 0.237. The molecule has 0 aliphatic carbocycles. The van der Waals surface area contributed by atoms with Crippen molar-refractivity contribution in [2.24, 2.45) is 0 Å². The monoisotopic (exact) mass is 611 g/mol. The van der Waals surface area contributed by atoms with Crippen LogP contribution in [0.5, 0.6) is 5.75 Å². The van der Waals surface area contributed by atoms with Crippen LogP contribution in [0.15, 0.2) is 109 Å². The lowest BCUT2D eigenvalue weighted by molar-refractivity contribution is 0.0928. The molecule has 0 radical (unpaired) electrons. The standard InChI is InChI=1S/C38H37N5O3/c1-46-36-13-5-3-11-32(36)27-14-16-28(17-15-27)38(45)43-26-31-18-19-34(42(31)25-30-9-2-4-12-33(30)43)37(44)40-24-35(41-21-6-7-22-41)29-10-8-20-39-23-29/h2-5,8-20,23,35H,6-7,21-22,24-26H2,1H3,(H,40,44). The van der Waals surface area contributed by atoms with Crippen molar-refractivity contribution in [3.63, 3.8) is 0 Å². The summed E-state index contributed by atoms with van der Waals surface area (Å²) < 4.78 is 7.58. The first-order chi connectivity index (χ1) is 22.6. The molecule has 7 rings (SSSR count). The molecule has 3 aromatic carbocycles. The summed E-state index contributed by atoms with van der Waals surface area (Å²) in [6, 6.07) is 31.4. The number of rotatable bonds is 8. The molecule has 0 saturated carbocycles. The highest BCUT2D eigenvalue weighted by Gasteiger charge is 2.29. The van der Waals surface area contributed by atoms with Crippen molar-refractivity contribution in [1.29, 1.82) is 0 Å². The van der Waals surface area contributed by atoms with Gasteiger partial charge in [-0.2, -0.15) is 0 Å². The Balaban J connectivity index is 1.13. The first-order valence-electron chi connectivity index (χ1n) is 15.8. The Morgan fingerprint density at radius 3 is 2.43 bits per heavy atom. The number of hydrogen-bond donors (Lipinski definition) is 1. The Hall–Kier alpha value is -5.21. The van der Waals surface area contributed by atoms with Gasteiger partial charge in [0.25, 0.3) is 11.8 Å². The zero-order chi connectivity index (χ0) is 31.5. The lowest BCUT2D eigenvalue weighted by Crippen LogP contribution is -2.37. The Morgan fingerprint density at radius 1 is 0.870 bits per heavy atom. The van der Waals surface area contributed by atoms with E-state index in [0.717, 1.165) is 65.3 Å². The number of likely N-dealkylation sites (tertiary alicyclic amines) is 1. The predicted molar refractivity (Wildman–Crippen MR) is 179 cm³/mol. The number of carbonyl (C=O) groups is 2. The number of benzene rings is 3. The van der Waals surface area contributed by atoms with Crippen molar-refractivity contribution in [2.45, 2.75) is 32.0 Å². The van der Waals surface area contributed by atoms with E-state index in [2.05, 4.69) is 21.3 Å². The van der Waals surface area contributed by atoms with Gasteiger partial charge in [-0.3, -0.25) is 19.5 Å². The molecule has 5 aromatic rings. The Labute approximate surface area is 269 Å². The minimum absolute atomic E-state index is 0.0712. The number of nitrogens with zero attached hydrogens (tertiary/aromatic N) is 4. The molecular formula is C38H37N5O3. The average molecular weight is 612 g/mol. The van der Waals surface area contributed by atoms with Crippen LogP contribution in [-0.4, -0.2) is 53.0 Å². The molecule has 2 aliphatic rings. The van der Waals surface area contributed by atoms with Crippen molar-refractivity contribution >= 4 is 17.5 Å². The van der Waals surface area contributed by atoms with Gasteiger partial charge in [-0.05, 0) is 85.1 Å². The number of anilines is 1. The lowest BCUT2D eigenvalue weighted by Gasteiger charge is -2.28. The molecule has 232 valence electrons. The van der Waals surface area contributed by atoms with E-state index in [1.165, 1.54) is 0 Å². The maximum absolute atomic E-state index is 14.1. The van der Waals surface area contributed by atoms with Gasteiger partial charge in [-0.25, -0.2) is 0 Å². The van der Waals surface area contributed by atoms with Crippen LogP contribution < -0.4 is 15.0 Å². The fourth-order valence-corrected chi connectivity index (χ4v) is 6.73. The van der Waals surface area contributed by atoms with Crippen molar-refractivity contribution in [1.82, 2.24) is 19.8 Å². The second-order valence-corrected chi connectivity index (χ2v) is 11.8. The molecule has 1 N–H and O–H groups in total. The minimum atomic E-state index is -0.122. The van der Waals surface area contributed by atoms with E-state index in [4.69, 9.17) is 4.74 Å². The average Bonchev–Trinajstić information content (AvgIpc) is 3.75. The van der Waals surface area contributed by atoms with Crippen molar-refractivity contribution in [3.05, 3.63) is 138 Å². The van der Waals surface area contributed by atoms with Gasteiger partial charge >= 0.3 is 0 Å². The van der Waals surface area contributed by atoms with Gasteiger partial charge < -0.3 is 19.5 Å². The molecule has 2 aromatic heterocycles. The van der Waals surface area contributed by atoms with Gasteiger partial charge in [0.2, 0.25) is 0 Å². The molecule has 4 heterocycles. The second kappa shape index (κ2) is 13.0. The third-order valence-electron chi connectivity index (χ3n) is 9.14. The van der Waals surface area contributed by atoms with Crippen LogP contribution in [0, 0.1) is 0 Å².